The zero-order chi connectivity index (χ0) is 16.3. The molecule has 23 heavy (non-hydrogen) atoms. The van der Waals surface area contributed by atoms with Gasteiger partial charge in [0.1, 0.15) is 6.10 Å². The zero-order valence-corrected chi connectivity index (χ0v) is 13.5. The number of carboxylic acid groups (broad SMARTS) is 1. The van der Waals surface area contributed by atoms with E-state index in [0.717, 1.165) is 31.2 Å². The standard InChI is InChI=1S/C18H24O5/c1-21-15-5-4-13(18(17(19)20)8-2-3-9-18)12-16(15)23-14-6-10-22-11-7-14/h4-5,12,14H,2-3,6-11H2,1H3,(H,19,20). The second-order valence-electron chi connectivity index (χ2n) is 6.39. The van der Waals surface area contributed by atoms with Gasteiger partial charge >= 0.3 is 5.97 Å². The van der Waals surface area contributed by atoms with Crippen molar-refractivity contribution in [3.63, 3.8) is 0 Å². The molecular weight excluding hydrogens is 296 g/mol. The van der Waals surface area contributed by atoms with E-state index < -0.39 is 11.4 Å². The highest BCUT2D eigenvalue weighted by Crippen LogP contribution is 2.44. The lowest BCUT2D eigenvalue weighted by Crippen LogP contribution is -2.32. The Hall–Kier alpha value is -1.75. The third-order valence-corrected chi connectivity index (χ3v) is 5.04. The molecule has 1 aliphatic carbocycles. The molecule has 0 amide bonds. The van der Waals surface area contributed by atoms with Crippen LogP contribution in [0.3, 0.4) is 0 Å². The van der Waals surface area contributed by atoms with Crippen LogP contribution in [0.1, 0.15) is 44.1 Å². The van der Waals surface area contributed by atoms with Gasteiger partial charge in [0.2, 0.25) is 0 Å². The summed E-state index contributed by atoms with van der Waals surface area (Å²) in [6.07, 6.45) is 5.06. The van der Waals surface area contributed by atoms with Crippen molar-refractivity contribution in [2.24, 2.45) is 0 Å². The minimum Gasteiger partial charge on any atom is -0.493 e. The number of ether oxygens (including phenoxy) is 3. The lowest BCUT2D eigenvalue weighted by molar-refractivity contribution is -0.143. The number of carbonyl (C=O) groups is 1. The molecule has 0 atom stereocenters. The Labute approximate surface area is 136 Å². The third kappa shape index (κ3) is 3.15. The van der Waals surface area contributed by atoms with Gasteiger partial charge in [0.15, 0.2) is 11.5 Å². The Kier molecular flexibility index (Phi) is 4.76. The van der Waals surface area contributed by atoms with Crippen LogP contribution < -0.4 is 9.47 Å². The van der Waals surface area contributed by atoms with E-state index in [1.165, 1.54) is 0 Å². The smallest absolute Gasteiger partial charge is 0.314 e. The average molecular weight is 320 g/mol. The summed E-state index contributed by atoms with van der Waals surface area (Å²) < 4.78 is 16.9. The van der Waals surface area contributed by atoms with Crippen molar-refractivity contribution >= 4 is 5.97 Å². The number of hydrogen-bond acceptors (Lipinski definition) is 4. The van der Waals surface area contributed by atoms with Gasteiger partial charge in [-0.2, -0.15) is 0 Å². The number of hydrogen-bond donors (Lipinski definition) is 1. The van der Waals surface area contributed by atoms with Crippen molar-refractivity contribution in [1.82, 2.24) is 0 Å². The maximum absolute atomic E-state index is 11.9. The fourth-order valence-electron chi connectivity index (χ4n) is 3.64. The van der Waals surface area contributed by atoms with Crippen LogP contribution in [-0.2, 0) is 14.9 Å². The Morgan fingerprint density at radius 2 is 1.91 bits per heavy atom. The van der Waals surface area contributed by atoms with Gasteiger partial charge in [-0.05, 0) is 30.5 Å². The number of aliphatic carboxylic acids is 1. The fraction of sp³-hybridized carbons (Fsp3) is 0.611. The van der Waals surface area contributed by atoms with E-state index in [2.05, 4.69) is 0 Å². The van der Waals surface area contributed by atoms with E-state index in [1.807, 2.05) is 18.2 Å². The van der Waals surface area contributed by atoms with E-state index in [0.29, 0.717) is 37.6 Å². The summed E-state index contributed by atoms with van der Waals surface area (Å²) in [6, 6.07) is 5.57. The van der Waals surface area contributed by atoms with Crippen molar-refractivity contribution in [1.29, 1.82) is 0 Å². The third-order valence-electron chi connectivity index (χ3n) is 5.04. The molecule has 1 aromatic rings. The maximum atomic E-state index is 11.9. The van der Waals surface area contributed by atoms with Gasteiger partial charge in [-0.25, -0.2) is 0 Å². The topological polar surface area (TPSA) is 65.0 Å². The lowest BCUT2D eigenvalue weighted by atomic mass is 9.79. The van der Waals surface area contributed by atoms with Crippen LogP contribution in [0.15, 0.2) is 18.2 Å². The van der Waals surface area contributed by atoms with Crippen molar-refractivity contribution in [2.45, 2.75) is 50.0 Å². The molecule has 1 heterocycles. The van der Waals surface area contributed by atoms with Crippen LogP contribution in [0.4, 0.5) is 0 Å². The summed E-state index contributed by atoms with van der Waals surface area (Å²) in [5.74, 6) is 0.556. The summed E-state index contributed by atoms with van der Waals surface area (Å²) in [6.45, 7) is 1.40. The SMILES string of the molecule is COc1ccc(C2(C(=O)O)CCCC2)cc1OC1CCOCC1. The van der Waals surface area contributed by atoms with Gasteiger partial charge in [0.25, 0.3) is 0 Å². The monoisotopic (exact) mass is 320 g/mol. The second-order valence-corrected chi connectivity index (χ2v) is 6.39. The Bertz CT molecular complexity index is 557. The van der Waals surface area contributed by atoms with E-state index in [-0.39, 0.29) is 6.10 Å². The van der Waals surface area contributed by atoms with Gasteiger partial charge in [-0.3, -0.25) is 4.79 Å². The molecule has 1 aromatic carbocycles. The van der Waals surface area contributed by atoms with Gasteiger partial charge < -0.3 is 19.3 Å². The molecule has 5 nitrogen and oxygen atoms in total. The predicted molar refractivity (Wildman–Crippen MR) is 85.2 cm³/mol. The van der Waals surface area contributed by atoms with Crippen LogP contribution >= 0.6 is 0 Å². The number of methoxy groups -OCH3 is 1. The summed E-state index contributed by atoms with van der Waals surface area (Å²) in [5.41, 5.74) is 0.0467. The minimum absolute atomic E-state index is 0.0947. The van der Waals surface area contributed by atoms with Crippen molar-refractivity contribution < 1.29 is 24.1 Å². The van der Waals surface area contributed by atoms with E-state index in [4.69, 9.17) is 14.2 Å². The maximum Gasteiger partial charge on any atom is 0.314 e. The summed E-state index contributed by atoms with van der Waals surface area (Å²) in [4.78, 5) is 11.9. The molecule has 0 bridgehead atoms. The first kappa shape index (κ1) is 16.1. The highest BCUT2D eigenvalue weighted by Gasteiger charge is 2.43. The fourth-order valence-corrected chi connectivity index (χ4v) is 3.64. The number of carboxylic acids is 1. The Morgan fingerprint density at radius 1 is 1.22 bits per heavy atom. The van der Waals surface area contributed by atoms with Crippen LogP contribution in [0.2, 0.25) is 0 Å². The van der Waals surface area contributed by atoms with Crippen LogP contribution in [0.5, 0.6) is 11.5 Å². The largest absolute Gasteiger partial charge is 0.493 e. The normalized spacial score (nSPS) is 21.1. The second kappa shape index (κ2) is 6.79. The van der Waals surface area contributed by atoms with E-state index >= 15 is 0 Å². The summed E-state index contributed by atoms with van der Waals surface area (Å²) in [5, 5.41) is 9.77. The van der Waals surface area contributed by atoms with Crippen LogP contribution in [0.25, 0.3) is 0 Å². The summed E-state index contributed by atoms with van der Waals surface area (Å²) >= 11 is 0. The molecule has 1 saturated heterocycles. The minimum atomic E-state index is -0.778. The number of rotatable bonds is 5. The molecule has 1 aliphatic heterocycles. The van der Waals surface area contributed by atoms with Gasteiger partial charge in [0.05, 0.1) is 25.7 Å². The van der Waals surface area contributed by atoms with E-state index in [9.17, 15) is 9.90 Å². The molecular formula is C18H24O5. The molecule has 1 N–H and O–H groups in total. The van der Waals surface area contributed by atoms with Crippen molar-refractivity contribution in [3.05, 3.63) is 23.8 Å². The molecule has 0 spiro atoms. The van der Waals surface area contributed by atoms with Gasteiger partial charge in [0, 0.05) is 12.8 Å². The summed E-state index contributed by atoms with van der Waals surface area (Å²) in [7, 11) is 1.61. The highest BCUT2D eigenvalue weighted by molar-refractivity contribution is 5.82. The first-order valence-electron chi connectivity index (χ1n) is 8.32. The molecule has 5 heteroatoms. The molecule has 0 aromatic heterocycles. The Balaban J connectivity index is 1.90. The number of benzene rings is 1. The van der Waals surface area contributed by atoms with Crippen molar-refractivity contribution in [2.75, 3.05) is 20.3 Å². The van der Waals surface area contributed by atoms with Crippen molar-refractivity contribution in [3.8, 4) is 11.5 Å². The molecule has 1 saturated carbocycles. The van der Waals surface area contributed by atoms with Gasteiger partial charge in [-0.15, -0.1) is 0 Å². The molecule has 0 radical (unpaired) electrons. The van der Waals surface area contributed by atoms with Crippen LogP contribution in [-0.4, -0.2) is 37.5 Å². The molecule has 3 rings (SSSR count). The Morgan fingerprint density at radius 3 is 2.52 bits per heavy atom. The molecule has 2 fully saturated rings. The molecule has 126 valence electrons. The quantitative estimate of drug-likeness (QED) is 0.903. The first-order valence-corrected chi connectivity index (χ1v) is 8.32. The average Bonchev–Trinajstić information content (AvgIpc) is 3.07. The molecule has 2 aliphatic rings. The predicted octanol–water partition coefficient (Wildman–Crippen LogP) is 3.15. The van der Waals surface area contributed by atoms with Crippen LogP contribution in [0, 0.1) is 0 Å². The first-order chi connectivity index (χ1) is 11.2. The zero-order valence-electron chi connectivity index (χ0n) is 13.5. The van der Waals surface area contributed by atoms with E-state index in [1.54, 1.807) is 7.11 Å². The highest BCUT2D eigenvalue weighted by atomic mass is 16.5. The lowest BCUT2D eigenvalue weighted by Gasteiger charge is -2.27. The molecule has 0 unspecified atom stereocenters. The van der Waals surface area contributed by atoms with Gasteiger partial charge in [-0.1, -0.05) is 18.9 Å².